The summed E-state index contributed by atoms with van der Waals surface area (Å²) in [5.41, 5.74) is 2.29. The summed E-state index contributed by atoms with van der Waals surface area (Å²) in [5, 5.41) is 1.08. The van der Waals surface area contributed by atoms with Gasteiger partial charge in [0.2, 0.25) is 17.0 Å². The van der Waals surface area contributed by atoms with Gasteiger partial charge in [0.05, 0.1) is 11.1 Å². The van der Waals surface area contributed by atoms with E-state index in [4.69, 9.17) is 21.1 Å². The number of fused-ring (bicyclic) bond motifs is 1. The molecule has 0 N–H and O–H groups in total. The van der Waals surface area contributed by atoms with Crippen LogP contribution in [0.2, 0.25) is 5.02 Å². The summed E-state index contributed by atoms with van der Waals surface area (Å²) in [7, 11) is 0. The molecular weight excluding hydrogens is 438 g/mol. The van der Waals surface area contributed by atoms with Crippen LogP contribution in [0.5, 0.6) is 0 Å². The van der Waals surface area contributed by atoms with Crippen LogP contribution in [-0.4, -0.2) is 10.4 Å². The van der Waals surface area contributed by atoms with Gasteiger partial charge < -0.3 is 14.0 Å². The molecule has 3 aromatic rings. The fraction of sp³-hybridized carbons (Fsp3) is 0.111. The Morgan fingerprint density at radius 2 is 1.97 bits per heavy atom. The van der Waals surface area contributed by atoms with Crippen LogP contribution in [0.25, 0.3) is 10.9 Å². The van der Waals surface area contributed by atoms with Crippen molar-refractivity contribution in [2.24, 2.45) is 0 Å². The van der Waals surface area contributed by atoms with Crippen LogP contribution < -0.4 is 5.43 Å². The van der Waals surface area contributed by atoms with E-state index < -0.39 is 5.78 Å². The van der Waals surface area contributed by atoms with Gasteiger partial charge in [-0.1, -0.05) is 54.1 Å². The molecule has 6 heteroatoms. The fourth-order valence-corrected chi connectivity index (χ4v) is 4.19. The maximum Gasteiger partial charge on any atom is 0.236 e. The number of halogens is 1. The van der Waals surface area contributed by atoms with E-state index in [-0.39, 0.29) is 16.8 Å². The Labute approximate surface area is 195 Å². The number of carbonyl (C=O) groups is 1. The van der Waals surface area contributed by atoms with E-state index in [0.29, 0.717) is 22.7 Å². The molecule has 0 fully saturated rings. The molecule has 0 saturated carbocycles. The Kier molecular flexibility index (Phi) is 5.71. The number of allylic oxidation sites excluding steroid dienone is 5. The molecule has 0 bridgehead atoms. The van der Waals surface area contributed by atoms with Gasteiger partial charge >= 0.3 is 0 Å². The molecular formula is C27H20ClNO4. The molecule has 0 unspecified atom stereocenters. The van der Waals surface area contributed by atoms with E-state index in [1.165, 1.54) is 12.5 Å². The number of hydrogen-bond acceptors (Lipinski definition) is 4. The second kappa shape index (κ2) is 8.96. The molecule has 0 saturated heterocycles. The van der Waals surface area contributed by atoms with Crippen LogP contribution in [0.4, 0.5) is 0 Å². The molecule has 2 heterocycles. The smallest absolute Gasteiger partial charge is 0.236 e. The van der Waals surface area contributed by atoms with Crippen LogP contribution in [-0.2, 0) is 16.0 Å². The Morgan fingerprint density at radius 1 is 1.09 bits per heavy atom. The average Bonchev–Trinajstić information content (AvgIpc) is 2.86. The van der Waals surface area contributed by atoms with E-state index >= 15 is 0 Å². The van der Waals surface area contributed by atoms with Gasteiger partial charge in [0.15, 0.2) is 5.76 Å². The van der Waals surface area contributed by atoms with Gasteiger partial charge in [0.1, 0.15) is 12.5 Å². The van der Waals surface area contributed by atoms with E-state index in [1.807, 2.05) is 47.1 Å². The summed E-state index contributed by atoms with van der Waals surface area (Å²) in [6.07, 6.45) is 11.9. The number of benzene rings is 2. The second-order valence-corrected chi connectivity index (χ2v) is 8.27. The predicted octanol–water partition coefficient (Wildman–Crippen LogP) is 5.89. The topological polar surface area (TPSA) is 57.5 Å². The van der Waals surface area contributed by atoms with Crippen LogP contribution in [0, 0.1) is 0 Å². The minimum absolute atomic E-state index is 0.0179. The highest BCUT2D eigenvalue weighted by molar-refractivity contribution is 6.30. The third-order valence-corrected chi connectivity index (χ3v) is 5.83. The lowest BCUT2D eigenvalue weighted by Crippen LogP contribution is -2.22. The first-order valence-electron chi connectivity index (χ1n) is 10.6. The van der Waals surface area contributed by atoms with Crippen molar-refractivity contribution < 1.29 is 14.3 Å². The summed E-state index contributed by atoms with van der Waals surface area (Å²) in [6, 6.07) is 14.7. The molecule has 2 aliphatic rings. The SMILES string of the molecule is O=C(C1=COC=C(C2=CC=CCC2)O1)c1cn(Cc2cccc(Cl)c2)c2ccccc2c1=O. The molecule has 164 valence electrons. The first-order chi connectivity index (χ1) is 16.1. The minimum atomic E-state index is -0.525. The quantitative estimate of drug-likeness (QED) is 0.448. The second-order valence-electron chi connectivity index (χ2n) is 7.84. The maximum absolute atomic E-state index is 13.4. The largest absolute Gasteiger partial charge is 0.465 e. The number of pyridine rings is 1. The first-order valence-corrected chi connectivity index (χ1v) is 11.0. The highest BCUT2D eigenvalue weighted by Gasteiger charge is 2.25. The summed E-state index contributed by atoms with van der Waals surface area (Å²) >= 11 is 6.15. The lowest BCUT2D eigenvalue weighted by atomic mass is 10.0. The number of rotatable bonds is 5. The minimum Gasteiger partial charge on any atom is -0.465 e. The van der Waals surface area contributed by atoms with Crippen molar-refractivity contribution >= 4 is 28.3 Å². The van der Waals surface area contributed by atoms with Gasteiger partial charge in [0, 0.05) is 23.2 Å². The van der Waals surface area contributed by atoms with Crippen LogP contribution in [0.1, 0.15) is 28.8 Å². The van der Waals surface area contributed by atoms with Gasteiger partial charge in [-0.05, 0) is 48.2 Å². The molecule has 1 aliphatic carbocycles. The Morgan fingerprint density at radius 3 is 2.79 bits per heavy atom. The highest BCUT2D eigenvalue weighted by Crippen LogP contribution is 2.27. The molecule has 0 spiro atoms. The predicted molar refractivity (Wildman–Crippen MR) is 128 cm³/mol. The molecule has 1 aromatic heterocycles. The maximum atomic E-state index is 13.4. The third-order valence-electron chi connectivity index (χ3n) is 5.60. The highest BCUT2D eigenvalue weighted by atomic mass is 35.5. The van der Waals surface area contributed by atoms with Gasteiger partial charge in [-0.15, -0.1) is 0 Å². The molecule has 5 nitrogen and oxygen atoms in total. The number of nitrogens with zero attached hydrogens (tertiary/aromatic N) is 1. The normalized spacial score (nSPS) is 15.2. The zero-order valence-corrected chi connectivity index (χ0v) is 18.4. The molecule has 0 radical (unpaired) electrons. The number of hydrogen-bond donors (Lipinski definition) is 0. The van der Waals surface area contributed by atoms with Crippen LogP contribution >= 0.6 is 11.6 Å². The van der Waals surface area contributed by atoms with Gasteiger partial charge in [-0.2, -0.15) is 0 Å². The lowest BCUT2D eigenvalue weighted by molar-refractivity contribution is 0.0932. The lowest BCUT2D eigenvalue weighted by Gasteiger charge is -2.19. The molecule has 5 rings (SSSR count). The zero-order valence-electron chi connectivity index (χ0n) is 17.7. The summed E-state index contributed by atoms with van der Waals surface area (Å²) in [5.74, 6) is -0.0713. The average molecular weight is 458 g/mol. The van der Waals surface area contributed by atoms with Gasteiger partial charge in [-0.25, -0.2) is 0 Å². The van der Waals surface area contributed by atoms with Crippen LogP contribution in [0.15, 0.2) is 107 Å². The van der Waals surface area contributed by atoms with Crippen molar-refractivity contribution in [3.63, 3.8) is 0 Å². The Hall–Kier alpha value is -3.83. The van der Waals surface area contributed by atoms with Crippen molar-refractivity contribution in [3.8, 4) is 0 Å². The number of para-hydroxylation sites is 1. The molecule has 1 aliphatic heterocycles. The monoisotopic (exact) mass is 457 g/mol. The fourth-order valence-electron chi connectivity index (χ4n) is 3.98. The first kappa shape index (κ1) is 21.0. The van der Waals surface area contributed by atoms with Crippen molar-refractivity contribution in [2.75, 3.05) is 0 Å². The standard InChI is InChI=1S/C27H20ClNO4/c28-20-10-6-7-18(13-20)14-29-15-22(26(30)21-11-4-5-12-23(21)29)27(31)25-17-32-16-24(33-25)19-8-2-1-3-9-19/h1-2,4-8,10-13,15-17H,3,9,14H2. The number of aromatic nitrogens is 1. The Bertz CT molecular complexity index is 1440. The van der Waals surface area contributed by atoms with Crippen LogP contribution in [0.3, 0.4) is 0 Å². The molecule has 0 atom stereocenters. The zero-order chi connectivity index (χ0) is 22.8. The Balaban J connectivity index is 1.52. The van der Waals surface area contributed by atoms with Gasteiger partial charge in [-0.3, -0.25) is 9.59 Å². The number of Topliss-reactive ketones (excluding diaryl/α,β-unsaturated/α-hetero) is 1. The number of carbonyl (C=O) groups excluding carboxylic acids is 1. The van der Waals surface area contributed by atoms with E-state index in [2.05, 4.69) is 6.08 Å². The van der Waals surface area contributed by atoms with Gasteiger partial charge in [0.25, 0.3) is 0 Å². The van der Waals surface area contributed by atoms with E-state index in [1.54, 1.807) is 24.4 Å². The third kappa shape index (κ3) is 4.28. The molecule has 33 heavy (non-hydrogen) atoms. The van der Waals surface area contributed by atoms with E-state index in [9.17, 15) is 9.59 Å². The summed E-state index contributed by atoms with van der Waals surface area (Å²) in [6.45, 7) is 0.447. The van der Waals surface area contributed by atoms with Crippen molar-refractivity contribution in [3.05, 3.63) is 129 Å². The van der Waals surface area contributed by atoms with Crippen molar-refractivity contribution in [1.29, 1.82) is 0 Å². The van der Waals surface area contributed by atoms with Crippen molar-refractivity contribution in [2.45, 2.75) is 19.4 Å². The van der Waals surface area contributed by atoms with E-state index in [0.717, 1.165) is 29.5 Å². The van der Waals surface area contributed by atoms with Crippen molar-refractivity contribution in [1.82, 2.24) is 4.57 Å². The molecule has 2 aromatic carbocycles. The number of ketones is 1. The summed E-state index contributed by atoms with van der Waals surface area (Å²) < 4.78 is 13.1. The molecule has 0 amide bonds. The number of ether oxygens (including phenoxy) is 2. The summed E-state index contributed by atoms with van der Waals surface area (Å²) in [4.78, 5) is 26.6.